The summed E-state index contributed by atoms with van der Waals surface area (Å²) in [6.45, 7) is 4.58. The molecule has 0 aromatic heterocycles. The van der Waals surface area contributed by atoms with Gasteiger partial charge < -0.3 is 9.47 Å². The van der Waals surface area contributed by atoms with Crippen LogP contribution in [0.2, 0.25) is 0 Å². The standard InChI is InChI=1S/C24H34F12O7S/c1-17(2,3)11-19(6,16(38)42-9-7-8-10-44(39,40)41)12-18(4,5)15(37)43-13-20(27,28)22(31,32)24(35,36)23(33,34)21(29,30)14(25)26/h14H,7-13H2,1-6H3,(H,39,40,41). The quantitative estimate of drug-likeness (QED) is 0.0754. The smallest absolute Gasteiger partial charge is 0.384 e. The van der Waals surface area contributed by atoms with Crippen LogP contribution >= 0.6 is 0 Å². The van der Waals surface area contributed by atoms with Gasteiger partial charge in [-0.25, -0.2) is 8.78 Å². The summed E-state index contributed by atoms with van der Waals surface area (Å²) < 4.78 is 200. The minimum absolute atomic E-state index is 0.0429. The Bertz CT molecular complexity index is 1120. The predicted octanol–water partition coefficient (Wildman–Crippen LogP) is 7.04. The molecule has 0 aliphatic carbocycles. The van der Waals surface area contributed by atoms with E-state index < -0.39 is 93.1 Å². The predicted molar refractivity (Wildman–Crippen MR) is 129 cm³/mol. The van der Waals surface area contributed by atoms with E-state index in [0.29, 0.717) is 0 Å². The third-order valence-electron chi connectivity index (χ3n) is 6.15. The second kappa shape index (κ2) is 13.4. The lowest BCUT2D eigenvalue weighted by Crippen LogP contribution is -2.69. The average molecular weight is 695 g/mol. The zero-order valence-electron chi connectivity index (χ0n) is 24.4. The van der Waals surface area contributed by atoms with Gasteiger partial charge in [-0.1, -0.05) is 20.8 Å². The molecule has 1 unspecified atom stereocenters. The van der Waals surface area contributed by atoms with Crippen LogP contribution in [0.3, 0.4) is 0 Å². The first-order valence-electron chi connectivity index (χ1n) is 12.6. The van der Waals surface area contributed by atoms with E-state index in [0.717, 1.165) is 13.8 Å². The number of esters is 2. The van der Waals surface area contributed by atoms with Gasteiger partial charge in [0.2, 0.25) is 0 Å². The van der Waals surface area contributed by atoms with Crippen LogP contribution in [0.25, 0.3) is 0 Å². The lowest BCUT2D eigenvalue weighted by atomic mass is 9.67. The average Bonchev–Trinajstić information content (AvgIpc) is 2.79. The molecule has 1 atom stereocenters. The molecule has 7 nitrogen and oxygen atoms in total. The van der Waals surface area contributed by atoms with Gasteiger partial charge in [-0.2, -0.15) is 52.3 Å². The molecule has 0 spiro atoms. The summed E-state index contributed by atoms with van der Waals surface area (Å²) in [6, 6.07) is 0. The lowest BCUT2D eigenvalue weighted by Gasteiger charge is -2.40. The molecule has 0 saturated carbocycles. The van der Waals surface area contributed by atoms with Crippen LogP contribution in [0, 0.1) is 16.2 Å². The van der Waals surface area contributed by atoms with E-state index in [9.17, 15) is 70.7 Å². The fourth-order valence-electron chi connectivity index (χ4n) is 4.37. The highest BCUT2D eigenvalue weighted by atomic mass is 32.2. The topological polar surface area (TPSA) is 107 Å². The molecule has 262 valence electrons. The van der Waals surface area contributed by atoms with Crippen molar-refractivity contribution in [3.63, 3.8) is 0 Å². The van der Waals surface area contributed by atoms with Crippen molar-refractivity contribution in [2.24, 2.45) is 16.2 Å². The maximum absolute atomic E-state index is 14.1. The minimum Gasteiger partial charge on any atom is -0.465 e. The number of rotatable bonds is 17. The molecule has 0 heterocycles. The van der Waals surface area contributed by atoms with Gasteiger partial charge in [-0.15, -0.1) is 0 Å². The summed E-state index contributed by atoms with van der Waals surface area (Å²) in [4.78, 5) is 25.6. The van der Waals surface area contributed by atoms with Crippen LogP contribution < -0.4 is 0 Å². The fraction of sp³-hybridized carbons (Fsp3) is 0.917. The summed E-state index contributed by atoms with van der Waals surface area (Å²) >= 11 is 0. The van der Waals surface area contributed by atoms with Crippen molar-refractivity contribution >= 4 is 22.1 Å². The van der Waals surface area contributed by atoms with Crippen LogP contribution in [0.4, 0.5) is 52.7 Å². The highest BCUT2D eigenvalue weighted by molar-refractivity contribution is 7.85. The van der Waals surface area contributed by atoms with E-state index in [1.807, 2.05) is 0 Å². The van der Waals surface area contributed by atoms with Gasteiger partial charge in [0.15, 0.2) is 6.61 Å². The normalized spacial score (nSPS) is 16.1. The van der Waals surface area contributed by atoms with Gasteiger partial charge >= 0.3 is 48.0 Å². The van der Waals surface area contributed by atoms with Gasteiger partial charge in [0.1, 0.15) is 0 Å². The Morgan fingerprint density at radius 2 is 1.18 bits per heavy atom. The third kappa shape index (κ3) is 9.75. The number of halogens is 12. The number of hydrogen-bond donors (Lipinski definition) is 1. The maximum atomic E-state index is 14.1. The summed E-state index contributed by atoms with van der Waals surface area (Å²) in [6.07, 6.45) is -6.55. The zero-order valence-corrected chi connectivity index (χ0v) is 25.2. The summed E-state index contributed by atoms with van der Waals surface area (Å²) in [7, 11) is -4.30. The molecule has 0 radical (unpaired) electrons. The molecule has 0 aromatic rings. The van der Waals surface area contributed by atoms with Crippen molar-refractivity contribution in [2.75, 3.05) is 19.0 Å². The van der Waals surface area contributed by atoms with Gasteiger partial charge in [0, 0.05) is 0 Å². The first-order chi connectivity index (χ1) is 19.1. The molecule has 0 fully saturated rings. The second-order valence-electron chi connectivity index (χ2n) is 12.4. The van der Waals surface area contributed by atoms with Crippen molar-refractivity contribution in [1.82, 2.24) is 0 Å². The zero-order chi connectivity index (χ0) is 35.6. The van der Waals surface area contributed by atoms with E-state index in [-0.39, 0.29) is 25.9 Å². The molecule has 0 aromatic carbocycles. The highest BCUT2D eigenvalue weighted by Gasteiger charge is 2.88. The van der Waals surface area contributed by atoms with Gasteiger partial charge in [-0.05, 0) is 51.9 Å². The minimum atomic E-state index is -7.78. The van der Waals surface area contributed by atoms with Crippen LogP contribution in [-0.2, 0) is 29.2 Å². The van der Waals surface area contributed by atoms with Crippen molar-refractivity contribution in [3.8, 4) is 0 Å². The van der Waals surface area contributed by atoms with E-state index in [4.69, 9.17) is 9.29 Å². The van der Waals surface area contributed by atoms with Gasteiger partial charge in [0.05, 0.1) is 23.2 Å². The first-order valence-corrected chi connectivity index (χ1v) is 14.2. The third-order valence-corrected chi connectivity index (χ3v) is 6.96. The molecule has 0 aliphatic rings. The largest absolute Gasteiger partial charge is 0.465 e. The van der Waals surface area contributed by atoms with Crippen LogP contribution in [-0.4, -0.2) is 79.9 Å². The monoisotopic (exact) mass is 694 g/mol. The number of hydrogen-bond acceptors (Lipinski definition) is 6. The lowest BCUT2D eigenvalue weighted by molar-refractivity contribution is -0.414. The van der Waals surface area contributed by atoms with E-state index in [2.05, 4.69) is 4.74 Å². The molecule has 0 amide bonds. The Morgan fingerprint density at radius 3 is 1.59 bits per heavy atom. The van der Waals surface area contributed by atoms with Crippen LogP contribution in [0.15, 0.2) is 0 Å². The molecule has 0 aliphatic heterocycles. The summed E-state index contributed by atoms with van der Waals surface area (Å²) in [5.41, 5.74) is -4.47. The molecular weight excluding hydrogens is 660 g/mol. The number of carbonyl (C=O) groups excluding carboxylic acids is 2. The molecule has 20 heteroatoms. The number of unbranched alkanes of at least 4 members (excludes halogenated alkanes) is 1. The van der Waals surface area contributed by atoms with Crippen molar-refractivity contribution in [2.45, 2.75) is 103 Å². The molecule has 0 rings (SSSR count). The second-order valence-corrected chi connectivity index (χ2v) is 14.0. The first kappa shape index (κ1) is 42.0. The Labute approximate surface area is 245 Å². The summed E-state index contributed by atoms with van der Waals surface area (Å²) in [5.74, 6) is -40.1. The Morgan fingerprint density at radius 1 is 0.705 bits per heavy atom. The molecule has 44 heavy (non-hydrogen) atoms. The van der Waals surface area contributed by atoms with Crippen LogP contribution in [0.1, 0.15) is 67.2 Å². The highest BCUT2D eigenvalue weighted by Crippen LogP contribution is 2.58. The Hall–Kier alpha value is -1.99. The Kier molecular flexibility index (Phi) is 12.8. The molecule has 1 N–H and O–H groups in total. The summed E-state index contributed by atoms with van der Waals surface area (Å²) in [5, 5.41) is 0. The maximum Gasteiger partial charge on any atom is 0.384 e. The fourth-order valence-corrected chi connectivity index (χ4v) is 4.93. The SMILES string of the molecule is CC(C)(C)CC(C)(CC(C)(C)C(=O)OCC(F)(F)C(F)(F)C(F)(F)C(F)(F)C(F)(F)C(F)F)C(=O)OCCCCS(=O)(=O)O. The van der Waals surface area contributed by atoms with Crippen molar-refractivity contribution < 1.29 is 84.7 Å². The van der Waals surface area contributed by atoms with Gasteiger partial charge in [-0.3, -0.25) is 14.1 Å². The van der Waals surface area contributed by atoms with Gasteiger partial charge in [0.25, 0.3) is 10.1 Å². The van der Waals surface area contributed by atoms with Crippen LogP contribution in [0.5, 0.6) is 0 Å². The number of ether oxygens (including phenoxy) is 2. The number of alkyl halides is 12. The van der Waals surface area contributed by atoms with E-state index in [1.54, 1.807) is 20.8 Å². The molecule has 0 bridgehead atoms. The van der Waals surface area contributed by atoms with E-state index in [1.165, 1.54) is 6.92 Å². The molecule has 0 saturated heterocycles. The number of carbonyl (C=O) groups is 2. The van der Waals surface area contributed by atoms with E-state index >= 15 is 0 Å². The Balaban J connectivity index is 5.95. The van der Waals surface area contributed by atoms with Crippen molar-refractivity contribution in [3.05, 3.63) is 0 Å². The van der Waals surface area contributed by atoms with Crippen molar-refractivity contribution in [1.29, 1.82) is 0 Å². The molecular formula is C24H34F12O7S.